The third-order valence-corrected chi connectivity index (χ3v) is 6.36. The second-order valence-corrected chi connectivity index (χ2v) is 7.96. The molecule has 0 unspecified atom stereocenters. The van der Waals surface area contributed by atoms with Crippen molar-refractivity contribution in [3.8, 4) is 0 Å². The summed E-state index contributed by atoms with van der Waals surface area (Å²) in [6, 6.07) is -0.0508. The summed E-state index contributed by atoms with van der Waals surface area (Å²) in [6.45, 7) is 5.46. The first kappa shape index (κ1) is 22.3. The van der Waals surface area contributed by atoms with E-state index in [-0.39, 0.29) is 31.0 Å². The van der Waals surface area contributed by atoms with Gasteiger partial charge >= 0.3 is 24.0 Å². The fraction of sp³-hybridized carbons (Fsp3) is 0.500. The Morgan fingerprint density at radius 2 is 1.61 bits per heavy atom. The lowest BCUT2D eigenvalue weighted by molar-refractivity contribution is -0.386. The lowest BCUT2D eigenvalue weighted by Gasteiger charge is -2.40. The fourth-order valence-electron chi connectivity index (χ4n) is 4.88. The number of nitrogens with zero attached hydrogens (tertiary/aromatic N) is 3. The summed E-state index contributed by atoms with van der Waals surface area (Å²) < 4.78 is 10.4. The number of rotatable bonds is 5. The van der Waals surface area contributed by atoms with E-state index in [1.807, 2.05) is 0 Å². The molecule has 4 amide bonds. The summed E-state index contributed by atoms with van der Waals surface area (Å²) in [4.78, 5) is 66.3. The van der Waals surface area contributed by atoms with Crippen LogP contribution in [0, 0.1) is 24.0 Å². The molecule has 1 aromatic carbocycles. The Labute approximate surface area is 188 Å². The zero-order valence-corrected chi connectivity index (χ0v) is 18.5. The highest BCUT2D eigenvalue weighted by atomic mass is 16.6. The van der Waals surface area contributed by atoms with Crippen LogP contribution < -0.4 is 10.6 Å². The van der Waals surface area contributed by atoms with Crippen molar-refractivity contribution in [2.45, 2.75) is 52.1 Å². The SMILES string of the molecule is CCOC(=O)[C@@]12NC(=O)N3Cc4cc(C)c(C)c([N+](=O)[O-])c4CN(C(=O)N1)[C@]32C(=O)OCC. The van der Waals surface area contributed by atoms with Gasteiger partial charge in [0.2, 0.25) is 0 Å². The summed E-state index contributed by atoms with van der Waals surface area (Å²) in [5.74, 6) is -2.10. The molecule has 13 heteroatoms. The van der Waals surface area contributed by atoms with Crippen LogP contribution in [-0.2, 0) is 32.2 Å². The molecule has 3 heterocycles. The van der Waals surface area contributed by atoms with Crippen LogP contribution in [0.5, 0.6) is 0 Å². The van der Waals surface area contributed by atoms with E-state index in [1.54, 1.807) is 19.9 Å². The van der Waals surface area contributed by atoms with Crippen molar-refractivity contribution in [1.29, 1.82) is 0 Å². The number of aryl methyl sites for hydroxylation is 1. The van der Waals surface area contributed by atoms with Crippen LogP contribution in [0.1, 0.15) is 36.1 Å². The van der Waals surface area contributed by atoms with Crippen LogP contribution in [0.2, 0.25) is 0 Å². The van der Waals surface area contributed by atoms with Crippen molar-refractivity contribution in [2.24, 2.45) is 0 Å². The molecule has 0 spiro atoms. The summed E-state index contributed by atoms with van der Waals surface area (Å²) in [7, 11) is 0. The van der Waals surface area contributed by atoms with Crippen molar-refractivity contribution < 1.29 is 33.6 Å². The Morgan fingerprint density at radius 1 is 1.06 bits per heavy atom. The number of benzene rings is 1. The Kier molecular flexibility index (Phi) is 4.95. The molecule has 176 valence electrons. The Morgan fingerprint density at radius 3 is 2.15 bits per heavy atom. The van der Waals surface area contributed by atoms with Crippen molar-refractivity contribution in [3.05, 3.63) is 38.4 Å². The number of hydrogen-bond donors (Lipinski definition) is 2. The second-order valence-electron chi connectivity index (χ2n) is 7.96. The summed E-state index contributed by atoms with van der Waals surface area (Å²) in [6.07, 6.45) is 0. The molecule has 0 bridgehead atoms. The van der Waals surface area contributed by atoms with Crippen LogP contribution in [0.4, 0.5) is 15.3 Å². The Bertz CT molecular complexity index is 1120. The number of nitrogens with one attached hydrogen (secondary N) is 2. The van der Waals surface area contributed by atoms with Gasteiger partial charge in [0.15, 0.2) is 0 Å². The molecular weight excluding hydrogens is 438 g/mol. The number of nitro groups is 1. The van der Waals surface area contributed by atoms with Crippen molar-refractivity contribution in [3.63, 3.8) is 0 Å². The number of carbonyl (C=O) groups excluding carboxylic acids is 4. The molecule has 2 atom stereocenters. The van der Waals surface area contributed by atoms with E-state index in [2.05, 4.69) is 10.6 Å². The quantitative estimate of drug-likeness (QED) is 0.370. The highest BCUT2D eigenvalue weighted by molar-refractivity contribution is 6.09. The molecule has 0 saturated carbocycles. The highest BCUT2D eigenvalue weighted by Gasteiger charge is 2.82. The fourth-order valence-corrected chi connectivity index (χ4v) is 4.88. The van der Waals surface area contributed by atoms with Gasteiger partial charge in [-0.2, -0.15) is 0 Å². The largest absolute Gasteiger partial charge is 0.463 e. The van der Waals surface area contributed by atoms with Gasteiger partial charge in [-0.15, -0.1) is 0 Å². The molecular formula is C20H23N5O8. The first-order chi connectivity index (χ1) is 15.6. The first-order valence-corrected chi connectivity index (χ1v) is 10.4. The van der Waals surface area contributed by atoms with Crippen LogP contribution in [0.3, 0.4) is 0 Å². The average molecular weight is 461 g/mol. The van der Waals surface area contributed by atoms with E-state index >= 15 is 0 Å². The van der Waals surface area contributed by atoms with Crippen LogP contribution in [0.25, 0.3) is 0 Å². The molecule has 13 nitrogen and oxygen atoms in total. The smallest absolute Gasteiger partial charge is 0.358 e. The molecule has 33 heavy (non-hydrogen) atoms. The minimum atomic E-state index is -2.30. The van der Waals surface area contributed by atoms with Crippen molar-refractivity contribution in [1.82, 2.24) is 20.4 Å². The third-order valence-electron chi connectivity index (χ3n) is 6.36. The number of ether oxygens (including phenoxy) is 2. The van der Waals surface area contributed by atoms with Gasteiger partial charge in [-0.3, -0.25) is 19.9 Å². The van der Waals surface area contributed by atoms with Gasteiger partial charge in [-0.05, 0) is 38.8 Å². The minimum absolute atomic E-state index is 0.0880. The van der Waals surface area contributed by atoms with Gasteiger partial charge in [0.1, 0.15) is 0 Å². The lowest BCUT2D eigenvalue weighted by Crippen LogP contribution is -2.74. The van der Waals surface area contributed by atoms with Crippen molar-refractivity contribution in [2.75, 3.05) is 13.2 Å². The molecule has 2 saturated heterocycles. The first-order valence-electron chi connectivity index (χ1n) is 10.4. The van der Waals surface area contributed by atoms with Gasteiger partial charge in [0, 0.05) is 5.56 Å². The molecule has 3 aliphatic rings. The maximum absolute atomic E-state index is 13.5. The lowest BCUT2D eigenvalue weighted by atomic mass is 9.93. The number of nitro benzene ring substituents is 1. The molecule has 2 fully saturated rings. The van der Waals surface area contributed by atoms with Gasteiger partial charge in [0.25, 0.3) is 17.0 Å². The zero-order chi connectivity index (χ0) is 24.3. The van der Waals surface area contributed by atoms with Gasteiger partial charge in [-0.1, -0.05) is 6.07 Å². The number of urea groups is 2. The van der Waals surface area contributed by atoms with E-state index in [1.165, 1.54) is 13.8 Å². The zero-order valence-electron chi connectivity index (χ0n) is 18.5. The summed E-state index contributed by atoms with van der Waals surface area (Å²) >= 11 is 0. The van der Waals surface area contributed by atoms with Gasteiger partial charge in [0.05, 0.1) is 36.8 Å². The molecule has 0 radical (unpaired) electrons. The standard InChI is InChI=1S/C20H23N5O8/c1-5-32-15(26)19-20(16(27)33-6-2)23(17(28)21-19)8-12-7-10(3)11(4)14(25(30)31)13(12)9-24(20)18(29)22-19/h7H,5-6,8-9H2,1-4H3,(H,21,28)(H,22,29)/t19-,20+/m1/s1. The van der Waals surface area contributed by atoms with E-state index in [0.29, 0.717) is 16.7 Å². The Balaban J connectivity index is 2.03. The topological polar surface area (TPSA) is 160 Å². The van der Waals surface area contributed by atoms with E-state index in [4.69, 9.17) is 9.47 Å². The average Bonchev–Trinajstić information content (AvgIpc) is 3.04. The number of fused-ring (bicyclic) bond motifs is 1. The summed E-state index contributed by atoms with van der Waals surface area (Å²) in [5, 5.41) is 16.8. The maximum atomic E-state index is 13.5. The molecule has 3 aliphatic heterocycles. The minimum Gasteiger partial charge on any atom is -0.463 e. The molecule has 0 aromatic heterocycles. The highest BCUT2D eigenvalue weighted by Crippen LogP contribution is 2.48. The van der Waals surface area contributed by atoms with Gasteiger partial charge in [-0.25, -0.2) is 19.2 Å². The molecule has 4 rings (SSSR count). The molecule has 2 N–H and O–H groups in total. The normalized spacial score (nSPS) is 25.0. The van der Waals surface area contributed by atoms with Gasteiger partial charge < -0.3 is 20.1 Å². The Hall–Kier alpha value is -3.90. The van der Waals surface area contributed by atoms with Crippen molar-refractivity contribution >= 4 is 29.7 Å². The number of carbonyl (C=O) groups is 4. The van der Waals surface area contributed by atoms with Crippen LogP contribution in [-0.4, -0.2) is 63.3 Å². The number of amides is 4. The maximum Gasteiger partial charge on any atom is 0.358 e. The molecule has 0 aliphatic carbocycles. The number of esters is 2. The van der Waals surface area contributed by atoms with Crippen LogP contribution in [0.15, 0.2) is 6.07 Å². The number of hydrogen-bond acceptors (Lipinski definition) is 8. The van der Waals surface area contributed by atoms with E-state index in [9.17, 15) is 29.3 Å². The van der Waals surface area contributed by atoms with Crippen LogP contribution >= 0.6 is 0 Å². The predicted octanol–water partition coefficient (Wildman–Crippen LogP) is 0.794. The summed E-state index contributed by atoms with van der Waals surface area (Å²) in [5.41, 5.74) is -3.26. The predicted molar refractivity (Wildman–Crippen MR) is 109 cm³/mol. The van der Waals surface area contributed by atoms with E-state index in [0.717, 1.165) is 9.80 Å². The monoisotopic (exact) mass is 461 g/mol. The van der Waals surface area contributed by atoms with E-state index < -0.39 is 46.8 Å². The molecule has 1 aromatic rings. The third kappa shape index (κ3) is 2.64. The second kappa shape index (κ2) is 7.32.